The summed E-state index contributed by atoms with van der Waals surface area (Å²) in [7, 11) is 0. The van der Waals surface area contributed by atoms with Crippen molar-refractivity contribution in [3.63, 3.8) is 0 Å². The Kier molecular flexibility index (Phi) is 4.67. The summed E-state index contributed by atoms with van der Waals surface area (Å²) in [6.45, 7) is 2.08. The van der Waals surface area contributed by atoms with Crippen molar-refractivity contribution < 1.29 is 24.9 Å². The molecule has 0 radical (unpaired) electrons. The molecule has 1 heterocycles. The standard InChI is InChI=1S/C10H19NO5/c1-8(11-2-3-11)9(15)16-7-10(4-12,5-13)6-14/h8,12-14H,2-7H2,1H3. The minimum absolute atomic E-state index is 0.173. The maximum absolute atomic E-state index is 11.5. The van der Waals surface area contributed by atoms with Crippen LogP contribution in [-0.4, -0.2) is 71.7 Å². The van der Waals surface area contributed by atoms with Crippen LogP contribution in [-0.2, 0) is 9.53 Å². The zero-order valence-electron chi connectivity index (χ0n) is 9.43. The molecule has 1 unspecified atom stereocenters. The lowest BCUT2D eigenvalue weighted by molar-refractivity contribution is -0.155. The maximum atomic E-state index is 11.5. The molecular weight excluding hydrogens is 214 g/mol. The van der Waals surface area contributed by atoms with Crippen molar-refractivity contribution in [1.29, 1.82) is 0 Å². The van der Waals surface area contributed by atoms with Crippen LogP contribution in [0.5, 0.6) is 0 Å². The van der Waals surface area contributed by atoms with Gasteiger partial charge in [0.05, 0.1) is 25.2 Å². The number of hydrogen-bond donors (Lipinski definition) is 3. The quantitative estimate of drug-likeness (QED) is 0.355. The first-order valence-corrected chi connectivity index (χ1v) is 5.32. The minimum atomic E-state index is -1.14. The zero-order valence-corrected chi connectivity index (χ0v) is 9.43. The summed E-state index contributed by atoms with van der Waals surface area (Å²) in [6.07, 6.45) is 0. The zero-order chi connectivity index (χ0) is 12.2. The third-order valence-electron chi connectivity index (χ3n) is 2.90. The average Bonchev–Trinajstić information content (AvgIpc) is 3.14. The van der Waals surface area contributed by atoms with Gasteiger partial charge in [-0.3, -0.25) is 9.69 Å². The third kappa shape index (κ3) is 3.15. The number of nitrogens with zero attached hydrogens (tertiary/aromatic N) is 1. The second-order valence-corrected chi connectivity index (χ2v) is 4.29. The first-order valence-electron chi connectivity index (χ1n) is 5.32. The molecule has 1 saturated heterocycles. The van der Waals surface area contributed by atoms with E-state index in [4.69, 9.17) is 20.1 Å². The summed E-state index contributed by atoms with van der Waals surface area (Å²) in [6, 6.07) is -0.297. The number of carbonyl (C=O) groups excluding carboxylic acids is 1. The summed E-state index contributed by atoms with van der Waals surface area (Å²) in [4.78, 5) is 13.4. The van der Waals surface area contributed by atoms with Gasteiger partial charge >= 0.3 is 5.97 Å². The molecule has 0 bridgehead atoms. The van der Waals surface area contributed by atoms with Gasteiger partial charge in [-0.25, -0.2) is 0 Å². The maximum Gasteiger partial charge on any atom is 0.323 e. The van der Waals surface area contributed by atoms with Crippen LogP contribution >= 0.6 is 0 Å². The van der Waals surface area contributed by atoms with Crippen molar-refractivity contribution in [2.75, 3.05) is 39.5 Å². The van der Waals surface area contributed by atoms with Gasteiger partial charge in [0.2, 0.25) is 0 Å². The molecule has 6 nitrogen and oxygen atoms in total. The van der Waals surface area contributed by atoms with E-state index >= 15 is 0 Å². The lowest BCUT2D eigenvalue weighted by Gasteiger charge is -2.27. The largest absolute Gasteiger partial charge is 0.464 e. The number of esters is 1. The van der Waals surface area contributed by atoms with Crippen LogP contribution in [0.15, 0.2) is 0 Å². The van der Waals surface area contributed by atoms with Crippen LogP contribution < -0.4 is 0 Å². The molecule has 0 amide bonds. The van der Waals surface area contributed by atoms with E-state index in [0.29, 0.717) is 0 Å². The van der Waals surface area contributed by atoms with Crippen molar-refractivity contribution in [2.45, 2.75) is 13.0 Å². The molecule has 0 aromatic heterocycles. The highest BCUT2D eigenvalue weighted by atomic mass is 16.5. The Morgan fingerprint density at radius 3 is 2.19 bits per heavy atom. The Hall–Kier alpha value is -0.690. The summed E-state index contributed by atoms with van der Waals surface area (Å²) in [5.74, 6) is -0.391. The van der Waals surface area contributed by atoms with Gasteiger partial charge in [-0.2, -0.15) is 0 Å². The number of rotatable bonds is 7. The molecule has 0 aliphatic carbocycles. The summed E-state index contributed by atoms with van der Waals surface area (Å²) < 4.78 is 4.98. The van der Waals surface area contributed by atoms with Crippen LogP contribution in [0.3, 0.4) is 0 Å². The predicted octanol–water partition coefficient (Wildman–Crippen LogP) is -1.80. The fourth-order valence-electron chi connectivity index (χ4n) is 1.23. The van der Waals surface area contributed by atoms with Crippen molar-refractivity contribution in [3.05, 3.63) is 0 Å². The molecule has 3 N–H and O–H groups in total. The molecule has 1 aliphatic rings. The predicted molar refractivity (Wildman–Crippen MR) is 55.7 cm³/mol. The minimum Gasteiger partial charge on any atom is -0.464 e. The topological polar surface area (TPSA) is 90.0 Å². The van der Waals surface area contributed by atoms with Crippen molar-refractivity contribution >= 4 is 5.97 Å². The molecule has 6 heteroatoms. The fraction of sp³-hybridized carbons (Fsp3) is 0.900. The molecule has 1 rings (SSSR count). The molecule has 1 atom stereocenters. The van der Waals surface area contributed by atoms with Gasteiger partial charge in [0.1, 0.15) is 12.6 Å². The summed E-state index contributed by atoms with van der Waals surface area (Å²) >= 11 is 0. The second-order valence-electron chi connectivity index (χ2n) is 4.29. The summed E-state index contributed by atoms with van der Waals surface area (Å²) in [5.41, 5.74) is -1.14. The molecule has 94 valence electrons. The first-order chi connectivity index (χ1) is 7.58. The molecule has 16 heavy (non-hydrogen) atoms. The van der Waals surface area contributed by atoms with Crippen molar-refractivity contribution in [3.8, 4) is 0 Å². The van der Waals surface area contributed by atoms with Crippen molar-refractivity contribution in [2.24, 2.45) is 5.41 Å². The van der Waals surface area contributed by atoms with E-state index < -0.39 is 31.2 Å². The molecule has 0 saturated carbocycles. The van der Waals surface area contributed by atoms with Gasteiger partial charge in [-0.15, -0.1) is 0 Å². The fourth-order valence-corrected chi connectivity index (χ4v) is 1.23. The van der Waals surface area contributed by atoms with Gasteiger partial charge in [-0.1, -0.05) is 0 Å². The summed E-state index contributed by atoms with van der Waals surface area (Å²) in [5, 5.41) is 27.1. The average molecular weight is 233 g/mol. The van der Waals surface area contributed by atoms with E-state index in [1.165, 1.54) is 0 Å². The number of carbonyl (C=O) groups is 1. The Balaban J connectivity index is 2.38. The Labute approximate surface area is 94.4 Å². The van der Waals surface area contributed by atoms with Gasteiger partial charge in [0.15, 0.2) is 0 Å². The van der Waals surface area contributed by atoms with E-state index in [1.54, 1.807) is 6.92 Å². The van der Waals surface area contributed by atoms with E-state index in [0.717, 1.165) is 13.1 Å². The number of hydrogen-bond acceptors (Lipinski definition) is 6. The Morgan fingerprint density at radius 1 is 1.31 bits per heavy atom. The van der Waals surface area contributed by atoms with Gasteiger partial charge < -0.3 is 20.1 Å². The smallest absolute Gasteiger partial charge is 0.323 e. The van der Waals surface area contributed by atoms with Gasteiger partial charge in [-0.05, 0) is 6.92 Å². The number of aliphatic hydroxyl groups is 3. The van der Waals surface area contributed by atoms with Crippen LogP contribution in [0.1, 0.15) is 6.92 Å². The van der Waals surface area contributed by atoms with Crippen LogP contribution in [0.25, 0.3) is 0 Å². The van der Waals surface area contributed by atoms with Crippen LogP contribution in [0, 0.1) is 5.41 Å². The molecule has 0 aromatic carbocycles. The molecule has 0 aromatic rings. The van der Waals surface area contributed by atoms with Crippen molar-refractivity contribution in [1.82, 2.24) is 4.90 Å². The monoisotopic (exact) mass is 233 g/mol. The molecule has 1 aliphatic heterocycles. The Morgan fingerprint density at radius 2 is 1.81 bits per heavy atom. The first kappa shape index (κ1) is 13.4. The highest BCUT2D eigenvalue weighted by Gasteiger charge is 2.34. The van der Waals surface area contributed by atoms with Crippen LogP contribution in [0.4, 0.5) is 0 Å². The lowest BCUT2D eigenvalue weighted by atomic mass is 9.93. The van der Waals surface area contributed by atoms with Crippen LogP contribution in [0.2, 0.25) is 0 Å². The molecular formula is C10H19NO5. The molecule has 0 spiro atoms. The van der Waals surface area contributed by atoms with E-state index in [9.17, 15) is 4.79 Å². The number of ether oxygens (including phenoxy) is 1. The molecule has 1 fully saturated rings. The number of aliphatic hydroxyl groups excluding tert-OH is 3. The second kappa shape index (κ2) is 5.58. The normalized spacial score (nSPS) is 18.2. The van der Waals surface area contributed by atoms with Gasteiger partial charge in [0, 0.05) is 13.1 Å². The van der Waals surface area contributed by atoms with E-state index in [2.05, 4.69) is 0 Å². The highest BCUT2D eigenvalue weighted by Crippen LogP contribution is 2.17. The van der Waals surface area contributed by atoms with Gasteiger partial charge in [0.25, 0.3) is 0 Å². The lowest BCUT2D eigenvalue weighted by Crippen LogP contribution is -2.41. The Bertz CT molecular complexity index is 229. The van der Waals surface area contributed by atoms with E-state index in [1.807, 2.05) is 4.90 Å². The van der Waals surface area contributed by atoms with E-state index in [-0.39, 0.29) is 12.6 Å². The SMILES string of the molecule is CC(C(=O)OCC(CO)(CO)CO)N1CC1. The third-order valence-corrected chi connectivity index (χ3v) is 2.90. The highest BCUT2D eigenvalue weighted by molar-refractivity contribution is 5.75.